The molecule has 186 valence electrons. The second-order valence-corrected chi connectivity index (χ2v) is 7.76. The number of likely N-dealkylation sites (N-methyl/N-ethyl adjacent to an activating group) is 1. The molecule has 1 unspecified atom stereocenters. The molecule has 0 aromatic heterocycles. The lowest BCUT2D eigenvalue weighted by atomic mass is 10.1. The Morgan fingerprint density at radius 1 is 0.861 bits per heavy atom. The summed E-state index contributed by atoms with van der Waals surface area (Å²) in [7, 11) is 1.61. The Balaban J connectivity index is 1.65. The van der Waals surface area contributed by atoms with E-state index in [0.717, 1.165) is 0 Å². The van der Waals surface area contributed by atoms with Crippen LogP contribution in [0.4, 0.5) is 21.9 Å². The molecule has 4 amide bonds. The largest absolute Gasteiger partial charge is 0.547 e. The Morgan fingerprint density at radius 3 is 2.08 bits per heavy atom. The van der Waals surface area contributed by atoms with E-state index in [1.165, 1.54) is 34.1 Å². The molecule has 0 aliphatic carbocycles. The summed E-state index contributed by atoms with van der Waals surface area (Å²) >= 11 is 0. The van der Waals surface area contributed by atoms with Gasteiger partial charge in [-0.05, 0) is 42.0 Å². The molecule has 1 atom stereocenters. The van der Waals surface area contributed by atoms with Gasteiger partial charge in [0.25, 0.3) is 0 Å². The number of rotatable bonds is 9. The van der Waals surface area contributed by atoms with Gasteiger partial charge in [-0.25, -0.2) is 4.79 Å². The molecule has 3 aromatic carbocycles. The molecular formula is C26H25N4O6-. The van der Waals surface area contributed by atoms with Crippen LogP contribution in [0.5, 0.6) is 0 Å². The van der Waals surface area contributed by atoms with Crippen LogP contribution in [0, 0.1) is 0 Å². The maximum absolute atomic E-state index is 13.0. The molecule has 10 nitrogen and oxygen atoms in total. The lowest BCUT2D eigenvalue weighted by Gasteiger charge is -2.25. The fourth-order valence-electron chi connectivity index (χ4n) is 3.32. The van der Waals surface area contributed by atoms with Crippen molar-refractivity contribution in [1.82, 2.24) is 5.32 Å². The number of amides is 4. The average molecular weight is 490 g/mol. The minimum atomic E-state index is -1.85. The van der Waals surface area contributed by atoms with Crippen LogP contribution in [0.15, 0.2) is 84.9 Å². The van der Waals surface area contributed by atoms with Gasteiger partial charge in [0.05, 0.1) is 12.5 Å². The fourth-order valence-corrected chi connectivity index (χ4v) is 3.32. The number of hydrogen-bond acceptors (Lipinski definition) is 6. The summed E-state index contributed by atoms with van der Waals surface area (Å²) in [5.41, 5.74) is 1.40. The third-order valence-corrected chi connectivity index (χ3v) is 5.26. The number of carboxylic acid groups (broad SMARTS) is 1. The zero-order chi connectivity index (χ0) is 26.1. The lowest BCUT2D eigenvalue weighted by molar-refractivity contribution is -0.315. The summed E-state index contributed by atoms with van der Waals surface area (Å²) in [5.74, 6) is -2.52. The van der Waals surface area contributed by atoms with Gasteiger partial charge in [0.15, 0.2) is 0 Å². The fraction of sp³-hybridized carbons (Fsp3) is 0.154. The van der Waals surface area contributed by atoms with E-state index in [1.54, 1.807) is 61.6 Å². The highest BCUT2D eigenvalue weighted by atomic mass is 16.4. The summed E-state index contributed by atoms with van der Waals surface area (Å²) in [4.78, 5) is 51.9. The van der Waals surface area contributed by atoms with E-state index in [4.69, 9.17) is 0 Å². The van der Waals surface area contributed by atoms with E-state index in [0.29, 0.717) is 11.4 Å². The van der Waals surface area contributed by atoms with Crippen molar-refractivity contribution in [3.63, 3.8) is 0 Å². The van der Waals surface area contributed by atoms with Gasteiger partial charge >= 0.3 is 6.03 Å². The van der Waals surface area contributed by atoms with Gasteiger partial charge in [-0.15, -0.1) is 0 Å². The average Bonchev–Trinajstić information content (AvgIpc) is 2.90. The molecule has 0 aliphatic rings. The Hall–Kier alpha value is -4.70. The number of carbonyl (C=O) groups is 4. The second-order valence-electron chi connectivity index (χ2n) is 7.76. The first-order valence-electron chi connectivity index (χ1n) is 11.0. The minimum absolute atomic E-state index is 0.0279. The van der Waals surface area contributed by atoms with Gasteiger partial charge in [0.2, 0.25) is 11.8 Å². The number of carbonyl (C=O) groups excluding carboxylic acids is 4. The number of hydrogen-bond donors (Lipinski definition) is 3. The van der Waals surface area contributed by atoms with Crippen molar-refractivity contribution in [3.05, 3.63) is 90.5 Å². The SMILES string of the molecule is CN(C(=O)CN(C(=O)CNC(=O)Nc1cccc(C(O)C(=O)[O-])c1)c1ccccc1)c1ccccc1. The first-order chi connectivity index (χ1) is 17.3. The number of aliphatic carboxylic acids is 1. The number of aliphatic hydroxyl groups excluding tert-OH is 1. The Morgan fingerprint density at radius 2 is 1.47 bits per heavy atom. The van der Waals surface area contributed by atoms with Crippen molar-refractivity contribution in [2.24, 2.45) is 0 Å². The quantitative estimate of drug-likeness (QED) is 0.413. The summed E-state index contributed by atoms with van der Waals surface area (Å²) < 4.78 is 0. The number of nitrogens with one attached hydrogen (secondary N) is 2. The van der Waals surface area contributed by atoms with Crippen LogP contribution in [0.25, 0.3) is 0 Å². The predicted molar refractivity (Wildman–Crippen MR) is 132 cm³/mol. The molecule has 10 heteroatoms. The van der Waals surface area contributed by atoms with Gasteiger partial charge in [-0.3, -0.25) is 9.59 Å². The number of nitrogens with zero attached hydrogens (tertiary/aromatic N) is 2. The summed E-state index contributed by atoms with van der Waals surface area (Å²) in [6.45, 7) is -0.662. The third-order valence-electron chi connectivity index (χ3n) is 5.26. The Labute approximate surface area is 207 Å². The normalized spacial score (nSPS) is 11.2. The molecule has 0 aliphatic heterocycles. The monoisotopic (exact) mass is 489 g/mol. The third kappa shape index (κ3) is 6.90. The minimum Gasteiger partial charge on any atom is -0.547 e. The predicted octanol–water partition coefficient (Wildman–Crippen LogP) is 1.29. The molecule has 0 bridgehead atoms. The topological polar surface area (TPSA) is 142 Å². The number of aliphatic hydroxyl groups is 1. The molecule has 0 saturated heterocycles. The van der Waals surface area contributed by atoms with E-state index in [-0.39, 0.29) is 23.7 Å². The van der Waals surface area contributed by atoms with Crippen molar-refractivity contribution in [2.45, 2.75) is 6.10 Å². The van der Waals surface area contributed by atoms with Crippen LogP contribution in [0.1, 0.15) is 11.7 Å². The summed E-state index contributed by atoms with van der Waals surface area (Å²) in [5, 5.41) is 25.4. The van der Waals surface area contributed by atoms with Crippen LogP contribution < -0.4 is 25.5 Å². The highest BCUT2D eigenvalue weighted by Gasteiger charge is 2.22. The van der Waals surface area contributed by atoms with Crippen molar-refractivity contribution in [3.8, 4) is 0 Å². The molecule has 3 N–H and O–H groups in total. The Kier molecular flexibility index (Phi) is 8.73. The van der Waals surface area contributed by atoms with Gasteiger partial charge in [0.1, 0.15) is 12.6 Å². The lowest BCUT2D eigenvalue weighted by Crippen LogP contribution is -2.46. The number of benzene rings is 3. The van der Waals surface area contributed by atoms with Crippen molar-refractivity contribution >= 4 is 40.9 Å². The van der Waals surface area contributed by atoms with E-state index in [2.05, 4.69) is 10.6 Å². The summed E-state index contributed by atoms with van der Waals surface area (Å²) in [6.07, 6.45) is -1.85. The number of anilines is 3. The standard InChI is InChI=1S/C26H26N4O6/c1-29(20-11-4-2-5-12-20)23(32)17-30(21-13-6-3-7-14-21)22(31)16-27-26(36)28-19-10-8-9-18(15-19)24(33)25(34)35/h2-15,24,33H,16-17H2,1H3,(H,34,35)(H2,27,28,36)/p-1. The van der Waals surface area contributed by atoms with Crippen molar-refractivity contribution in [1.29, 1.82) is 0 Å². The highest BCUT2D eigenvalue weighted by Crippen LogP contribution is 2.18. The molecule has 0 spiro atoms. The molecule has 0 radical (unpaired) electrons. The maximum atomic E-state index is 13.0. The smallest absolute Gasteiger partial charge is 0.319 e. The van der Waals surface area contributed by atoms with Crippen LogP contribution in [-0.2, 0) is 14.4 Å². The molecule has 3 rings (SSSR count). The Bertz CT molecular complexity index is 1220. The molecule has 3 aromatic rings. The number of carboxylic acids is 1. The van der Waals surface area contributed by atoms with E-state index in [1.807, 2.05) is 6.07 Å². The van der Waals surface area contributed by atoms with Crippen LogP contribution in [-0.4, -0.2) is 49.1 Å². The van der Waals surface area contributed by atoms with Crippen LogP contribution in [0.2, 0.25) is 0 Å². The van der Waals surface area contributed by atoms with E-state index in [9.17, 15) is 29.4 Å². The second kappa shape index (κ2) is 12.1. The highest BCUT2D eigenvalue weighted by molar-refractivity contribution is 6.05. The maximum Gasteiger partial charge on any atom is 0.319 e. The van der Waals surface area contributed by atoms with Crippen LogP contribution in [0.3, 0.4) is 0 Å². The first kappa shape index (κ1) is 25.9. The zero-order valence-corrected chi connectivity index (χ0v) is 19.5. The number of urea groups is 1. The van der Waals surface area contributed by atoms with Crippen molar-refractivity contribution in [2.75, 3.05) is 35.3 Å². The first-order valence-corrected chi connectivity index (χ1v) is 11.0. The molecular weight excluding hydrogens is 464 g/mol. The molecule has 36 heavy (non-hydrogen) atoms. The van der Waals surface area contributed by atoms with Crippen LogP contribution >= 0.6 is 0 Å². The van der Waals surface area contributed by atoms with Gasteiger partial charge in [-0.2, -0.15) is 0 Å². The summed E-state index contributed by atoms with van der Waals surface area (Å²) in [6, 6.07) is 22.5. The molecule has 0 fully saturated rings. The van der Waals surface area contributed by atoms with Crippen molar-refractivity contribution < 1.29 is 29.4 Å². The van der Waals surface area contributed by atoms with Gasteiger partial charge in [-0.1, -0.05) is 48.5 Å². The van der Waals surface area contributed by atoms with E-state index < -0.39 is 30.6 Å². The van der Waals surface area contributed by atoms with Gasteiger partial charge in [0, 0.05) is 24.1 Å². The molecule has 0 heterocycles. The van der Waals surface area contributed by atoms with Gasteiger partial charge < -0.3 is 35.4 Å². The zero-order valence-electron chi connectivity index (χ0n) is 19.5. The van der Waals surface area contributed by atoms with E-state index >= 15 is 0 Å². The number of para-hydroxylation sites is 2. The molecule has 0 saturated carbocycles.